The zero-order chi connectivity index (χ0) is 9.52. The van der Waals surface area contributed by atoms with E-state index in [9.17, 15) is 0 Å². The van der Waals surface area contributed by atoms with Gasteiger partial charge in [-0.05, 0) is 17.7 Å². The van der Waals surface area contributed by atoms with Crippen molar-refractivity contribution in [3.63, 3.8) is 0 Å². The van der Waals surface area contributed by atoms with Gasteiger partial charge in [0, 0.05) is 23.2 Å². The molecule has 2 N–H and O–H groups in total. The lowest BCUT2D eigenvalue weighted by Gasteiger charge is -1.95. The molecule has 0 radical (unpaired) electrons. The third kappa shape index (κ3) is 2.84. The number of nitrogens with zero attached hydrogens (tertiary/aromatic N) is 4. The van der Waals surface area contributed by atoms with E-state index in [4.69, 9.17) is 11.3 Å². The fraction of sp³-hybridized carbons (Fsp3) is 0.125. The minimum absolute atomic E-state index is 0.324. The van der Waals surface area contributed by atoms with Crippen LogP contribution in [0.3, 0.4) is 0 Å². The molecule has 0 saturated heterocycles. The SMILES string of the molecule is [N-]=[N+]=NCC=Cc1cccnc1N. The van der Waals surface area contributed by atoms with E-state index in [1.54, 1.807) is 24.4 Å². The van der Waals surface area contributed by atoms with Crippen LogP contribution in [0, 0.1) is 0 Å². The zero-order valence-corrected chi connectivity index (χ0v) is 6.96. The first kappa shape index (κ1) is 9.09. The van der Waals surface area contributed by atoms with Crippen LogP contribution in [0.5, 0.6) is 0 Å². The Morgan fingerprint density at radius 3 is 3.23 bits per heavy atom. The molecule has 66 valence electrons. The van der Waals surface area contributed by atoms with Gasteiger partial charge in [0.2, 0.25) is 0 Å². The van der Waals surface area contributed by atoms with E-state index in [2.05, 4.69) is 15.0 Å². The van der Waals surface area contributed by atoms with Crippen LogP contribution in [-0.4, -0.2) is 11.5 Å². The van der Waals surface area contributed by atoms with Gasteiger partial charge in [-0.2, -0.15) is 0 Å². The van der Waals surface area contributed by atoms with E-state index < -0.39 is 0 Å². The lowest BCUT2D eigenvalue weighted by molar-refractivity contribution is 1.22. The van der Waals surface area contributed by atoms with E-state index in [1.165, 1.54) is 0 Å². The second-order valence-corrected chi connectivity index (χ2v) is 2.29. The summed E-state index contributed by atoms with van der Waals surface area (Å²) in [7, 11) is 0. The number of hydrogen-bond acceptors (Lipinski definition) is 3. The molecule has 0 bridgehead atoms. The summed E-state index contributed by atoms with van der Waals surface area (Å²) in [5.74, 6) is 0.472. The summed E-state index contributed by atoms with van der Waals surface area (Å²) < 4.78 is 0. The molecule has 0 amide bonds. The van der Waals surface area contributed by atoms with Gasteiger partial charge in [0.1, 0.15) is 5.82 Å². The van der Waals surface area contributed by atoms with Gasteiger partial charge in [-0.1, -0.05) is 17.3 Å². The van der Waals surface area contributed by atoms with Crippen molar-refractivity contribution in [1.29, 1.82) is 0 Å². The fourth-order valence-electron chi connectivity index (χ4n) is 0.834. The topological polar surface area (TPSA) is 87.7 Å². The molecule has 5 nitrogen and oxygen atoms in total. The summed E-state index contributed by atoms with van der Waals surface area (Å²) in [5, 5.41) is 3.35. The van der Waals surface area contributed by atoms with Gasteiger partial charge >= 0.3 is 0 Å². The molecule has 0 aliphatic rings. The molecule has 0 unspecified atom stereocenters. The molecular weight excluding hydrogens is 166 g/mol. The Bertz CT molecular complexity index is 351. The van der Waals surface area contributed by atoms with Crippen molar-refractivity contribution in [3.05, 3.63) is 40.4 Å². The van der Waals surface area contributed by atoms with Gasteiger partial charge < -0.3 is 5.73 Å². The van der Waals surface area contributed by atoms with Crippen molar-refractivity contribution in [1.82, 2.24) is 4.98 Å². The van der Waals surface area contributed by atoms with Crippen LogP contribution >= 0.6 is 0 Å². The standard InChI is InChI=1S/C8H9N5/c9-8-7(3-1-5-11-8)4-2-6-12-13-10/h1-5H,6H2,(H2,9,11). The maximum atomic E-state index is 8.01. The predicted molar refractivity (Wildman–Crippen MR) is 51.7 cm³/mol. The molecule has 13 heavy (non-hydrogen) atoms. The summed E-state index contributed by atoms with van der Waals surface area (Å²) in [6, 6.07) is 3.64. The summed E-state index contributed by atoms with van der Waals surface area (Å²) in [6.45, 7) is 0.324. The number of pyridine rings is 1. The third-order valence-corrected chi connectivity index (χ3v) is 1.42. The number of azide groups is 1. The molecule has 1 rings (SSSR count). The van der Waals surface area contributed by atoms with Crippen LogP contribution in [0.15, 0.2) is 29.5 Å². The second kappa shape index (κ2) is 4.79. The highest BCUT2D eigenvalue weighted by Crippen LogP contribution is 2.08. The smallest absolute Gasteiger partial charge is 0.130 e. The summed E-state index contributed by atoms with van der Waals surface area (Å²) in [4.78, 5) is 6.52. The second-order valence-electron chi connectivity index (χ2n) is 2.29. The fourth-order valence-corrected chi connectivity index (χ4v) is 0.834. The first-order valence-electron chi connectivity index (χ1n) is 3.72. The maximum absolute atomic E-state index is 8.01. The van der Waals surface area contributed by atoms with Crippen molar-refractivity contribution >= 4 is 11.9 Å². The molecule has 1 aromatic rings. The van der Waals surface area contributed by atoms with Crippen molar-refractivity contribution in [3.8, 4) is 0 Å². The van der Waals surface area contributed by atoms with Crippen LogP contribution in [0.25, 0.3) is 16.5 Å². The Kier molecular flexibility index (Phi) is 3.35. The maximum Gasteiger partial charge on any atom is 0.130 e. The Morgan fingerprint density at radius 2 is 2.54 bits per heavy atom. The Labute approximate surface area is 75.5 Å². The number of rotatable bonds is 3. The minimum atomic E-state index is 0.324. The molecule has 0 aliphatic heterocycles. The number of anilines is 1. The van der Waals surface area contributed by atoms with Gasteiger partial charge in [0.05, 0.1) is 0 Å². The average Bonchev–Trinajstić information content (AvgIpc) is 2.15. The highest BCUT2D eigenvalue weighted by molar-refractivity contribution is 5.60. The minimum Gasteiger partial charge on any atom is -0.383 e. The van der Waals surface area contributed by atoms with Crippen LogP contribution in [0.4, 0.5) is 5.82 Å². The van der Waals surface area contributed by atoms with Gasteiger partial charge in [0.15, 0.2) is 0 Å². The van der Waals surface area contributed by atoms with E-state index in [0.29, 0.717) is 12.4 Å². The van der Waals surface area contributed by atoms with Crippen molar-refractivity contribution in [2.24, 2.45) is 5.11 Å². The number of hydrogen-bond donors (Lipinski definition) is 1. The van der Waals surface area contributed by atoms with Gasteiger partial charge in [-0.3, -0.25) is 0 Å². The first-order valence-corrected chi connectivity index (χ1v) is 3.72. The normalized spacial score (nSPS) is 9.85. The van der Waals surface area contributed by atoms with Crippen molar-refractivity contribution < 1.29 is 0 Å². The Balaban J connectivity index is 2.68. The van der Waals surface area contributed by atoms with Crippen molar-refractivity contribution in [2.75, 3.05) is 12.3 Å². The van der Waals surface area contributed by atoms with Crippen LogP contribution in [-0.2, 0) is 0 Å². The summed E-state index contributed by atoms with van der Waals surface area (Å²) in [5.41, 5.74) is 14.4. The predicted octanol–water partition coefficient (Wildman–Crippen LogP) is 1.99. The highest BCUT2D eigenvalue weighted by Gasteiger charge is 1.91. The largest absolute Gasteiger partial charge is 0.383 e. The summed E-state index contributed by atoms with van der Waals surface area (Å²) >= 11 is 0. The number of aromatic nitrogens is 1. The molecule has 0 aliphatic carbocycles. The molecular formula is C8H9N5. The Morgan fingerprint density at radius 1 is 1.69 bits per heavy atom. The molecule has 1 aromatic heterocycles. The van der Waals surface area contributed by atoms with Gasteiger partial charge in [0.25, 0.3) is 0 Å². The molecule has 0 aromatic carbocycles. The Hall–Kier alpha value is -2.00. The highest BCUT2D eigenvalue weighted by atomic mass is 15.1. The van der Waals surface area contributed by atoms with Crippen LogP contribution in [0.2, 0.25) is 0 Å². The van der Waals surface area contributed by atoms with E-state index >= 15 is 0 Å². The lowest BCUT2D eigenvalue weighted by Crippen LogP contribution is -1.91. The quantitative estimate of drug-likeness (QED) is 0.432. The van der Waals surface area contributed by atoms with Crippen LogP contribution in [0.1, 0.15) is 5.56 Å². The van der Waals surface area contributed by atoms with Gasteiger partial charge in [-0.15, -0.1) is 0 Å². The summed E-state index contributed by atoms with van der Waals surface area (Å²) in [6.07, 6.45) is 5.13. The monoisotopic (exact) mass is 175 g/mol. The zero-order valence-electron chi connectivity index (χ0n) is 6.96. The molecule has 0 fully saturated rings. The van der Waals surface area contributed by atoms with Crippen molar-refractivity contribution in [2.45, 2.75) is 0 Å². The van der Waals surface area contributed by atoms with E-state index in [1.807, 2.05) is 6.07 Å². The average molecular weight is 175 g/mol. The van der Waals surface area contributed by atoms with E-state index in [-0.39, 0.29) is 0 Å². The first-order chi connectivity index (χ1) is 6.34. The van der Waals surface area contributed by atoms with Gasteiger partial charge in [-0.25, -0.2) is 4.98 Å². The molecule has 1 heterocycles. The van der Waals surface area contributed by atoms with Crippen LogP contribution < -0.4 is 5.73 Å². The molecule has 0 spiro atoms. The number of nitrogen functional groups attached to an aromatic ring is 1. The molecule has 5 heteroatoms. The lowest BCUT2D eigenvalue weighted by atomic mass is 10.2. The molecule has 0 atom stereocenters. The third-order valence-electron chi connectivity index (χ3n) is 1.42. The number of nitrogens with two attached hydrogens (primary N) is 1. The molecule has 0 saturated carbocycles. The van der Waals surface area contributed by atoms with E-state index in [0.717, 1.165) is 5.56 Å².